The Kier molecular flexibility index (Phi) is 4.22. The number of hydrogen-bond acceptors (Lipinski definition) is 2. The van der Waals surface area contributed by atoms with E-state index in [0.717, 1.165) is 0 Å². The normalized spacial score (nSPS) is 10.4. The van der Waals surface area contributed by atoms with Crippen LogP contribution in [0.2, 0.25) is 0 Å². The quantitative estimate of drug-likeness (QED) is 0.764. The van der Waals surface area contributed by atoms with Crippen molar-refractivity contribution < 1.29 is 19.8 Å². The molecule has 0 fully saturated rings. The van der Waals surface area contributed by atoms with Crippen LogP contribution >= 0.6 is 0 Å². The molecule has 0 bridgehead atoms. The van der Waals surface area contributed by atoms with Crippen molar-refractivity contribution in [2.24, 2.45) is 0 Å². The molecule has 0 atom stereocenters. The topological polar surface area (TPSA) is 74.6 Å². The smallest absolute Gasteiger partial charge is 0.336 e. The first-order chi connectivity index (χ1) is 8.07. The van der Waals surface area contributed by atoms with Gasteiger partial charge in [0.2, 0.25) is 0 Å². The zero-order chi connectivity index (χ0) is 12.8. The molecule has 0 radical (unpaired) electrons. The third kappa shape index (κ3) is 3.04. The number of carboxylic acid groups (broad SMARTS) is 2. The Morgan fingerprint density at radius 2 is 1.94 bits per heavy atom. The first-order valence-electron chi connectivity index (χ1n) is 4.94. The van der Waals surface area contributed by atoms with Crippen LogP contribution in [0.4, 0.5) is 0 Å². The number of carbonyl (C=O) groups is 2. The van der Waals surface area contributed by atoms with Gasteiger partial charge in [0.1, 0.15) is 0 Å². The van der Waals surface area contributed by atoms with E-state index >= 15 is 0 Å². The van der Waals surface area contributed by atoms with Crippen molar-refractivity contribution in [2.45, 2.75) is 6.42 Å². The number of hydrogen-bond donors (Lipinski definition) is 2. The van der Waals surface area contributed by atoms with Gasteiger partial charge in [0.15, 0.2) is 0 Å². The summed E-state index contributed by atoms with van der Waals surface area (Å²) in [7, 11) is 0. The van der Waals surface area contributed by atoms with Crippen LogP contribution in [0, 0.1) is 0 Å². The summed E-state index contributed by atoms with van der Waals surface area (Å²) in [6.07, 6.45) is 5.33. The van der Waals surface area contributed by atoms with Crippen LogP contribution in [0.1, 0.15) is 26.3 Å². The molecule has 0 amide bonds. The number of carboxylic acids is 2. The third-order valence-corrected chi connectivity index (χ3v) is 2.20. The highest BCUT2D eigenvalue weighted by molar-refractivity contribution is 6.02. The number of aromatic carboxylic acids is 2. The lowest BCUT2D eigenvalue weighted by molar-refractivity contribution is 0.0650. The molecule has 4 heteroatoms. The molecule has 1 rings (SSSR count). The minimum Gasteiger partial charge on any atom is -0.478 e. The molecule has 2 N–H and O–H groups in total. The minimum absolute atomic E-state index is 0.159. The molecule has 0 saturated carbocycles. The highest BCUT2D eigenvalue weighted by Gasteiger charge is 2.18. The largest absolute Gasteiger partial charge is 0.478 e. The number of rotatable bonds is 5. The van der Waals surface area contributed by atoms with E-state index in [9.17, 15) is 9.59 Å². The van der Waals surface area contributed by atoms with Crippen molar-refractivity contribution in [3.05, 3.63) is 59.7 Å². The lowest BCUT2D eigenvalue weighted by atomic mass is 9.98. The molecule has 1 aromatic carbocycles. The predicted octanol–water partition coefficient (Wildman–Crippen LogP) is 2.37. The van der Waals surface area contributed by atoms with Gasteiger partial charge in [0, 0.05) is 0 Å². The van der Waals surface area contributed by atoms with Crippen LogP contribution in [-0.2, 0) is 6.42 Å². The molecule has 0 unspecified atom stereocenters. The molecule has 4 nitrogen and oxygen atoms in total. The molecule has 0 aliphatic carbocycles. The zero-order valence-electron chi connectivity index (χ0n) is 9.09. The van der Waals surface area contributed by atoms with E-state index in [1.54, 1.807) is 24.3 Å². The Morgan fingerprint density at radius 3 is 2.47 bits per heavy atom. The fourth-order valence-electron chi connectivity index (χ4n) is 1.49. The molecule has 0 saturated heterocycles. The van der Waals surface area contributed by atoms with E-state index in [4.69, 9.17) is 10.2 Å². The van der Waals surface area contributed by atoms with Crippen molar-refractivity contribution in [1.29, 1.82) is 0 Å². The van der Waals surface area contributed by atoms with Gasteiger partial charge in [0.05, 0.1) is 11.1 Å². The first-order valence-corrected chi connectivity index (χ1v) is 4.94. The van der Waals surface area contributed by atoms with Gasteiger partial charge in [-0.15, -0.1) is 0 Å². The van der Waals surface area contributed by atoms with Gasteiger partial charge in [-0.05, 0) is 18.1 Å². The second-order valence-electron chi connectivity index (χ2n) is 3.32. The van der Waals surface area contributed by atoms with E-state index < -0.39 is 11.9 Å². The SMILES string of the molecule is C=CC=CCc1cccc(C(=O)O)c1C(=O)O. The van der Waals surface area contributed by atoms with Gasteiger partial charge in [-0.2, -0.15) is 0 Å². The zero-order valence-corrected chi connectivity index (χ0v) is 9.09. The Bertz CT molecular complexity index is 486. The molecule has 0 aliphatic heterocycles. The standard InChI is InChI=1S/C13H12O4/c1-2-3-4-6-9-7-5-8-10(12(14)15)11(9)13(16)17/h2-5,7-8H,1,6H2,(H,14,15)(H,16,17). The average Bonchev–Trinajstić information content (AvgIpc) is 2.28. The summed E-state index contributed by atoms with van der Waals surface area (Å²) >= 11 is 0. The molecular weight excluding hydrogens is 220 g/mol. The van der Waals surface area contributed by atoms with Crippen molar-refractivity contribution in [1.82, 2.24) is 0 Å². The van der Waals surface area contributed by atoms with Crippen LogP contribution in [0.25, 0.3) is 0 Å². The summed E-state index contributed by atoms with van der Waals surface area (Å²) in [4.78, 5) is 22.0. The Labute approximate surface area is 98.5 Å². The average molecular weight is 232 g/mol. The summed E-state index contributed by atoms with van der Waals surface area (Å²) in [6.45, 7) is 3.50. The monoisotopic (exact) mass is 232 g/mol. The summed E-state index contributed by atoms with van der Waals surface area (Å²) in [5.74, 6) is -2.47. The van der Waals surface area contributed by atoms with E-state index in [1.807, 2.05) is 0 Å². The van der Waals surface area contributed by atoms with Gasteiger partial charge in [-0.25, -0.2) is 9.59 Å². The molecule has 1 aromatic rings. The maximum Gasteiger partial charge on any atom is 0.336 e. The molecule has 0 aliphatic rings. The molecule has 0 aromatic heterocycles. The third-order valence-electron chi connectivity index (χ3n) is 2.20. The number of benzene rings is 1. The van der Waals surface area contributed by atoms with Crippen LogP contribution in [0.3, 0.4) is 0 Å². The summed E-state index contributed by atoms with van der Waals surface area (Å²) in [6, 6.07) is 4.42. The van der Waals surface area contributed by atoms with E-state index in [2.05, 4.69) is 6.58 Å². The summed E-state index contributed by atoms with van der Waals surface area (Å²) in [5, 5.41) is 18.0. The molecule has 0 spiro atoms. The second-order valence-corrected chi connectivity index (χ2v) is 3.32. The van der Waals surface area contributed by atoms with E-state index in [1.165, 1.54) is 12.1 Å². The second kappa shape index (κ2) is 5.65. The Morgan fingerprint density at radius 1 is 1.24 bits per heavy atom. The van der Waals surface area contributed by atoms with Gasteiger partial charge in [0.25, 0.3) is 0 Å². The molecule has 17 heavy (non-hydrogen) atoms. The maximum atomic E-state index is 11.1. The Hall–Kier alpha value is -2.36. The summed E-state index contributed by atoms with van der Waals surface area (Å²) < 4.78 is 0. The van der Waals surface area contributed by atoms with E-state index in [0.29, 0.717) is 12.0 Å². The fraction of sp³-hybridized carbons (Fsp3) is 0.0769. The van der Waals surface area contributed by atoms with Crippen LogP contribution in [0.5, 0.6) is 0 Å². The lowest BCUT2D eigenvalue weighted by Crippen LogP contribution is -2.11. The van der Waals surface area contributed by atoms with Gasteiger partial charge in [-0.3, -0.25) is 0 Å². The minimum atomic E-state index is -1.24. The summed E-state index contributed by atoms with van der Waals surface area (Å²) in [5.41, 5.74) is 0.117. The first kappa shape index (κ1) is 12.7. The van der Waals surface area contributed by atoms with E-state index in [-0.39, 0.29) is 11.1 Å². The Balaban J connectivity index is 3.24. The fourth-order valence-corrected chi connectivity index (χ4v) is 1.49. The molecule has 0 heterocycles. The van der Waals surface area contributed by atoms with Crippen LogP contribution < -0.4 is 0 Å². The molecule has 88 valence electrons. The van der Waals surface area contributed by atoms with Crippen molar-refractivity contribution in [2.75, 3.05) is 0 Å². The predicted molar refractivity (Wildman–Crippen MR) is 63.4 cm³/mol. The maximum absolute atomic E-state index is 11.1. The highest BCUT2D eigenvalue weighted by Crippen LogP contribution is 2.16. The highest BCUT2D eigenvalue weighted by atomic mass is 16.4. The van der Waals surface area contributed by atoms with Crippen molar-refractivity contribution >= 4 is 11.9 Å². The van der Waals surface area contributed by atoms with Gasteiger partial charge < -0.3 is 10.2 Å². The van der Waals surface area contributed by atoms with Crippen molar-refractivity contribution in [3.8, 4) is 0 Å². The van der Waals surface area contributed by atoms with Crippen molar-refractivity contribution in [3.63, 3.8) is 0 Å². The van der Waals surface area contributed by atoms with Gasteiger partial charge in [-0.1, -0.05) is 36.9 Å². The van der Waals surface area contributed by atoms with Crippen LogP contribution in [-0.4, -0.2) is 22.2 Å². The van der Waals surface area contributed by atoms with Gasteiger partial charge >= 0.3 is 11.9 Å². The van der Waals surface area contributed by atoms with Crippen LogP contribution in [0.15, 0.2) is 43.0 Å². The molecular formula is C13H12O4. The lowest BCUT2D eigenvalue weighted by Gasteiger charge is -2.06. The number of allylic oxidation sites excluding steroid dienone is 3.